The minimum Gasteiger partial charge on any atom is -0.481 e. The van der Waals surface area contributed by atoms with E-state index >= 15 is 0 Å². The maximum absolute atomic E-state index is 12.0. The number of sulfonamides is 1. The molecule has 1 aromatic rings. The zero-order valence-corrected chi connectivity index (χ0v) is 12.8. The number of benzene rings is 1. The summed E-state index contributed by atoms with van der Waals surface area (Å²) in [5.41, 5.74) is 0.591. The molecule has 0 aliphatic heterocycles. The third kappa shape index (κ3) is 2.23. The van der Waals surface area contributed by atoms with Crippen molar-refractivity contribution in [1.29, 1.82) is 0 Å². The van der Waals surface area contributed by atoms with E-state index in [2.05, 4.69) is 0 Å². The fraction of sp³-hybridized carbons (Fsp3) is 0.500. The summed E-state index contributed by atoms with van der Waals surface area (Å²) >= 11 is 0. The van der Waals surface area contributed by atoms with Gasteiger partial charge in [0.1, 0.15) is 0 Å². The van der Waals surface area contributed by atoms with Gasteiger partial charge in [0.15, 0.2) is 0 Å². The first kappa shape index (κ1) is 15.0. The Kier molecular flexibility index (Phi) is 3.42. The van der Waals surface area contributed by atoms with Gasteiger partial charge in [0.25, 0.3) is 0 Å². The Labute approximate surface area is 119 Å². The highest BCUT2D eigenvalue weighted by molar-refractivity contribution is 7.89. The second-order valence-electron chi connectivity index (χ2n) is 5.97. The third-order valence-electron chi connectivity index (χ3n) is 4.11. The number of carboxylic acids is 1. The molecule has 1 saturated carbocycles. The Morgan fingerprint density at radius 2 is 1.70 bits per heavy atom. The van der Waals surface area contributed by atoms with Crippen molar-refractivity contribution in [2.75, 3.05) is 14.1 Å². The van der Waals surface area contributed by atoms with Crippen LogP contribution in [0.5, 0.6) is 0 Å². The van der Waals surface area contributed by atoms with Crippen LogP contribution in [0.4, 0.5) is 0 Å². The van der Waals surface area contributed by atoms with Gasteiger partial charge >= 0.3 is 5.97 Å². The van der Waals surface area contributed by atoms with Gasteiger partial charge in [-0.25, -0.2) is 12.7 Å². The maximum Gasteiger partial charge on any atom is 0.307 e. The standard InChI is InChI=1S/C14H19NO4S/c1-14(2)11(12(14)13(16)17)9-5-7-10(8-6-9)20(18,19)15(3)4/h5-8,11-12H,1-4H3,(H,16,17). The van der Waals surface area contributed by atoms with E-state index in [0.29, 0.717) is 0 Å². The Bertz CT molecular complexity index is 632. The van der Waals surface area contributed by atoms with E-state index in [1.165, 1.54) is 26.2 Å². The predicted octanol–water partition coefficient (Wildman–Crippen LogP) is 1.76. The van der Waals surface area contributed by atoms with Crippen molar-refractivity contribution in [1.82, 2.24) is 4.31 Å². The van der Waals surface area contributed by atoms with Crippen molar-refractivity contribution in [3.63, 3.8) is 0 Å². The molecule has 6 heteroatoms. The van der Waals surface area contributed by atoms with Gasteiger partial charge in [0.05, 0.1) is 10.8 Å². The van der Waals surface area contributed by atoms with E-state index in [9.17, 15) is 18.3 Å². The van der Waals surface area contributed by atoms with Crippen LogP contribution in [-0.2, 0) is 14.8 Å². The summed E-state index contributed by atoms with van der Waals surface area (Å²) < 4.78 is 25.1. The van der Waals surface area contributed by atoms with E-state index in [0.717, 1.165) is 9.87 Å². The number of nitrogens with zero attached hydrogens (tertiary/aromatic N) is 1. The van der Waals surface area contributed by atoms with Crippen molar-refractivity contribution < 1.29 is 18.3 Å². The van der Waals surface area contributed by atoms with Gasteiger partial charge in [0, 0.05) is 20.0 Å². The molecule has 2 rings (SSSR count). The lowest BCUT2D eigenvalue weighted by Crippen LogP contribution is -2.22. The van der Waals surface area contributed by atoms with Crippen molar-refractivity contribution in [2.45, 2.75) is 24.7 Å². The van der Waals surface area contributed by atoms with Crippen molar-refractivity contribution in [3.05, 3.63) is 29.8 Å². The Morgan fingerprint density at radius 1 is 1.20 bits per heavy atom. The van der Waals surface area contributed by atoms with E-state index in [1.807, 2.05) is 13.8 Å². The lowest BCUT2D eigenvalue weighted by atomic mass is 10.0. The van der Waals surface area contributed by atoms with Crippen LogP contribution in [0.15, 0.2) is 29.2 Å². The second kappa shape index (κ2) is 4.56. The summed E-state index contributed by atoms with van der Waals surface area (Å²) in [4.78, 5) is 11.4. The number of rotatable bonds is 4. The van der Waals surface area contributed by atoms with Gasteiger partial charge in [-0.05, 0) is 23.1 Å². The molecular formula is C14H19NO4S. The molecule has 5 nitrogen and oxygen atoms in total. The Morgan fingerprint density at radius 3 is 2.05 bits per heavy atom. The van der Waals surface area contributed by atoms with Gasteiger partial charge in [-0.3, -0.25) is 4.79 Å². The van der Waals surface area contributed by atoms with Crippen LogP contribution in [-0.4, -0.2) is 37.9 Å². The van der Waals surface area contributed by atoms with Gasteiger partial charge in [-0.15, -0.1) is 0 Å². The van der Waals surface area contributed by atoms with Crippen LogP contribution in [0.2, 0.25) is 0 Å². The van der Waals surface area contributed by atoms with Crippen LogP contribution in [0, 0.1) is 11.3 Å². The highest BCUT2D eigenvalue weighted by Gasteiger charge is 2.62. The minimum atomic E-state index is -3.44. The first-order valence-corrected chi connectivity index (χ1v) is 7.79. The summed E-state index contributed by atoms with van der Waals surface area (Å²) in [5.74, 6) is -1.26. The fourth-order valence-electron chi connectivity index (χ4n) is 2.78. The molecule has 0 amide bonds. The van der Waals surface area contributed by atoms with Gasteiger partial charge < -0.3 is 5.11 Å². The molecule has 110 valence electrons. The number of hydrogen-bond acceptors (Lipinski definition) is 3. The molecule has 1 aliphatic carbocycles. The summed E-state index contributed by atoms with van der Waals surface area (Å²) in [6.45, 7) is 3.84. The molecule has 1 aromatic carbocycles. The first-order chi connectivity index (χ1) is 9.10. The number of carbonyl (C=O) groups is 1. The quantitative estimate of drug-likeness (QED) is 0.919. The van der Waals surface area contributed by atoms with Crippen LogP contribution < -0.4 is 0 Å². The predicted molar refractivity (Wildman–Crippen MR) is 75.0 cm³/mol. The van der Waals surface area contributed by atoms with E-state index in [-0.39, 0.29) is 16.2 Å². The fourth-order valence-corrected chi connectivity index (χ4v) is 3.68. The molecule has 1 fully saturated rings. The molecular weight excluding hydrogens is 278 g/mol. The molecule has 0 heterocycles. The molecule has 0 saturated heterocycles. The molecule has 1 N–H and O–H groups in total. The van der Waals surface area contributed by atoms with Gasteiger partial charge in [-0.2, -0.15) is 0 Å². The Balaban J connectivity index is 2.30. The molecule has 20 heavy (non-hydrogen) atoms. The molecule has 0 aromatic heterocycles. The van der Waals surface area contributed by atoms with Crippen LogP contribution in [0.25, 0.3) is 0 Å². The normalized spacial score (nSPS) is 24.6. The van der Waals surface area contributed by atoms with Gasteiger partial charge in [0.2, 0.25) is 10.0 Å². The third-order valence-corrected chi connectivity index (χ3v) is 5.94. The van der Waals surface area contributed by atoms with Crippen LogP contribution in [0.1, 0.15) is 25.3 Å². The zero-order valence-electron chi connectivity index (χ0n) is 12.0. The lowest BCUT2D eigenvalue weighted by molar-refractivity contribution is -0.139. The Hall–Kier alpha value is -1.40. The number of carboxylic acid groups (broad SMARTS) is 1. The van der Waals surface area contributed by atoms with Crippen LogP contribution in [0.3, 0.4) is 0 Å². The minimum absolute atomic E-state index is 0.0592. The zero-order chi connectivity index (χ0) is 15.3. The lowest BCUT2D eigenvalue weighted by Gasteiger charge is -2.11. The molecule has 2 unspecified atom stereocenters. The highest BCUT2D eigenvalue weighted by Crippen LogP contribution is 2.64. The summed E-state index contributed by atoms with van der Waals surface area (Å²) in [6, 6.07) is 6.51. The molecule has 0 radical (unpaired) electrons. The monoisotopic (exact) mass is 297 g/mol. The second-order valence-corrected chi connectivity index (χ2v) is 8.12. The van der Waals surface area contributed by atoms with E-state index in [4.69, 9.17) is 0 Å². The summed E-state index contributed by atoms with van der Waals surface area (Å²) in [5, 5.41) is 9.17. The van der Waals surface area contributed by atoms with Crippen LogP contribution >= 0.6 is 0 Å². The highest BCUT2D eigenvalue weighted by atomic mass is 32.2. The average molecular weight is 297 g/mol. The van der Waals surface area contributed by atoms with Crippen molar-refractivity contribution in [2.24, 2.45) is 11.3 Å². The molecule has 1 aliphatic rings. The van der Waals surface area contributed by atoms with Gasteiger partial charge in [-0.1, -0.05) is 26.0 Å². The number of aliphatic carboxylic acids is 1. The number of hydrogen-bond donors (Lipinski definition) is 1. The largest absolute Gasteiger partial charge is 0.481 e. The van der Waals surface area contributed by atoms with Crippen molar-refractivity contribution >= 4 is 16.0 Å². The SMILES string of the molecule is CN(C)S(=O)(=O)c1ccc(C2C(C(=O)O)C2(C)C)cc1. The molecule has 2 atom stereocenters. The topological polar surface area (TPSA) is 74.7 Å². The van der Waals surface area contributed by atoms with E-state index < -0.39 is 21.9 Å². The summed E-state index contributed by atoms with van der Waals surface area (Å²) in [7, 11) is -0.481. The molecule has 0 spiro atoms. The summed E-state index contributed by atoms with van der Waals surface area (Å²) in [6.07, 6.45) is 0. The maximum atomic E-state index is 12.0. The molecule has 0 bridgehead atoms. The smallest absolute Gasteiger partial charge is 0.307 e. The van der Waals surface area contributed by atoms with E-state index in [1.54, 1.807) is 12.1 Å². The van der Waals surface area contributed by atoms with Crippen molar-refractivity contribution in [3.8, 4) is 0 Å². The first-order valence-electron chi connectivity index (χ1n) is 6.35. The average Bonchev–Trinajstić information content (AvgIpc) is 2.92.